The highest BCUT2D eigenvalue weighted by Crippen LogP contribution is 2.14. The molecule has 19 nitrogen and oxygen atoms in total. The number of hydrogen-bond donors (Lipinski definition) is 8. The SMILES string of the molecule is CNC(=O)COCCOCCNC(=O)COCCOCCNC(=O)[C@H](CCCCNC(=O)CC[C@H](NC(=O)CCCCCCCCCCCCCCCCC(=O)O)C(=O)O)NC. The summed E-state index contributed by atoms with van der Waals surface area (Å²) in [5.74, 6) is -3.19. The van der Waals surface area contributed by atoms with Crippen LogP contribution in [0.4, 0.5) is 0 Å². The molecule has 0 aromatic rings. The molecule has 0 bridgehead atoms. The molecule has 0 radical (unpaired) electrons. The van der Waals surface area contributed by atoms with Gasteiger partial charge in [-0.1, -0.05) is 77.0 Å². The van der Waals surface area contributed by atoms with Gasteiger partial charge in [-0.15, -0.1) is 0 Å². The van der Waals surface area contributed by atoms with Crippen LogP contribution in [-0.4, -0.2) is 150 Å². The fourth-order valence-corrected chi connectivity index (χ4v) is 6.20. The van der Waals surface area contributed by atoms with Crippen LogP contribution in [0.25, 0.3) is 0 Å². The Morgan fingerprint density at radius 2 is 0.919 bits per heavy atom. The van der Waals surface area contributed by atoms with Gasteiger partial charge in [0.05, 0.1) is 45.7 Å². The Morgan fingerprint density at radius 1 is 0.435 bits per heavy atom. The predicted octanol–water partition coefficient (Wildman–Crippen LogP) is 2.58. The van der Waals surface area contributed by atoms with Crippen molar-refractivity contribution in [3.05, 3.63) is 0 Å². The quantitative estimate of drug-likeness (QED) is 0.0409. The van der Waals surface area contributed by atoms with Crippen LogP contribution in [0, 0.1) is 0 Å². The lowest BCUT2D eigenvalue weighted by Crippen LogP contribution is -2.43. The normalized spacial score (nSPS) is 12.0. The second-order valence-electron chi connectivity index (χ2n) is 15.2. The average Bonchev–Trinajstić information content (AvgIpc) is 3.24. The zero-order valence-corrected chi connectivity index (χ0v) is 37.7. The van der Waals surface area contributed by atoms with Gasteiger partial charge < -0.3 is 61.1 Å². The number of aliphatic carboxylic acids is 2. The molecular formula is C43H80N6O13. The highest BCUT2D eigenvalue weighted by Gasteiger charge is 2.21. The Kier molecular flexibility index (Phi) is 39.7. The molecular weight excluding hydrogens is 809 g/mol. The Bertz CT molecular complexity index is 1210. The number of hydrogen-bond acceptors (Lipinski definition) is 12. The number of nitrogens with one attached hydrogen (secondary N) is 6. The molecule has 0 aliphatic carbocycles. The molecule has 0 aromatic carbocycles. The minimum absolute atomic E-state index is 0.00572. The zero-order valence-electron chi connectivity index (χ0n) is 37.7. The number of amides is 5. The fourth-order valence-electron chi connectivity index (χ4n) is 6.20. The van der Waals surface area contributed by atoms with E-state index in [-0.39, 0.29) is 94.9 Å². The van der Waals surface area contributed by atoms with E-state index >= 15 is 0 Å². The summed E-state index contributed by atoms with van der Waals surface area (Å²) in [4.78, 5) is 82.4. The molecule has 0 aliphatic rings. The maximum Gasteiger partial charge on any atom is 0.326 e. The Balaban J connectivity index is 3.83. The molecule has 0 rings (SSSR count). The number of carboxylic acid groups (broad SMARTS) is 2. The summed E-state index contributed by atoms with van der Waals surface area (Å²) in [6.45, 7) is 2.44. The summed E-state index contributed by atoms with van der Waals surface area (Å²) in [5.41, 5.74) is 0. The molecule has 0 aromatic heterocycles. The van der Waals surface area contributed by atoms with Crippen molar-refractivity contribution in [2.75, 3.05) is 86.6 Å². The first-order valence-corrected chi connectivity index (χ1v) is 22.7. The Hall–Kier alpha value is -3.91. The summed E-state index contributed by atoms with van der Waals surface area (Å²) in [5, 5.41) is 34.5. The summed E-state index contributed by atoms with van der Waals surface area (Å²) in [6.07, 6.45) is 17.4. The van der Waals surface area contributed by atoms with Crippen molar-refractivity contribution in [2.45, 2.75) is 147 Å². The number of likely N-dealkylation sites (N-methyl/N-ethyl adjacent to an activating group) is 2. The van der Waals surface area contributed by atoms with Gasteiger partial charge in [0.1, 0.15) is 19.3 Å². The van der Waals surface area contributed by atoms with E-state index in [0.29, 0.717) is 58.5 Å². The van der Waals surface area contributed by atoms with E-state index in [1.54, 1.807) is 7.05 Å². The zero-order chi connectivity index (χ0) is 45.9. The first kappa shape index (κ1) is 58.1. The molecule has 19 heteroatoms. The van der Waals surface area contributed by atoms with Crippen LogP contribution in [0.3, 0.4) is 0 Å². The third-order valence-corrected chi connectivity index (χ3v) is 9.85. The van der Waals surface area contributed by atoms with Crippen LogP contribution in [-0.2, 0) is 52.5 Å². The number of carbonyl (C=O) groups is 7. The average molecular weight is 889 g/mol. The summed E-state index contributed by atoms with van der Waals surface area (Å²) >= 11 is 0. The second-order valence-corrected chi connectivity index (χ2v) is 15.2. The van der Waals surface area contributed by atoms with Crippen LogP contribution in [0.15, 0.2) is 0 Å². The Labute approximate surface area is 369 Å². The topological polar surface area (TPSA) is 269 Å². The van der Waals surface area contributed by atoms with Crippen molar-refractivity contribution < 1.29 is 62.7 Å². The molecule has 8 N–H and O–H groups in total. The number of rotatable bonds is 45. The van der Waals surface area contributed by atoms with Crippen molar-refractivity contribution in [1.29, 1.82) is 0 Å². The van der Waals surface area contributed by atoms with Gasteiger partial charge in [-0.05, 0) is 45.6 Å². The minimum atomic E-state index is -1.17. The third kappa shape index (κ3) is 39.0. The van der Waals surface area contributed by atoms with Crippen LogP contribution in [0.1, 0.15) is 135 Å². The van der Waals surface area contributed by atoms with Crippen molar-refractivity contribution in [1.82, 2.24) is 31.9 Å². The molecule has 0 aliphatic heterocycles. The molecule has 0 spiro atoms. The fraction of sp³-hybridized carbons (Fsp3) is 0.837. The van der Waals surface area contributed by atoms with E-state index < -0.39 is 24.0 Å². The first-order chi connectivity index (χ1) is 30.0. The molecule has 2 atom stereocenters. The molecule has 0 unspecified atom stereocenters. The van der Waals surface area contributed by atoms with E-state index in [2.05, 4.69) is 31.9 Å². The maximum atomic E-state index is 12.6. The van der Waals surface area contributed by atoms with Crippen LogP contribution in [0.2, 0.25) is 0 Å². The molecule has 0 heterocycles. The van der Waals surface area contributed by atoms with Gasteiger partial charge in [0.15, 0.2) is 0 Å². The van der Waals surface area contributed by atoms with E-state index in [0.717, 1.165) is 38.5 Å². The number of carboxylic acids is 2. The van der Waals surface area contributed by atoms with Gasteiger partial charge in [-0.25, -0.2) is 4.79 Å². The van der Waals surface area contributed by atoms with Gasteiger partial charge in [-0.2, -0.15) is 0 Å². The molecule has 360 valence electrons. The molecule has 5 amide bonds. The van der Waals surface area contributed by atoms with E-state index in [4.69, 9.17) is 24.1 Å². The van der Waals surface area contributed by atoms with Gasteiger partial charge in [0.2, 0.25) is 29.5 Å². The highest BCUT2D eigenvalue weighted by molar-refractivity contribution is 5.84. The number of carbonyl (C=O) groups excluding carboxylic acids is 5. The highest BCUT2D eigenvalue weighted by atomic mass is 16.5. The second kappa shape index (κ2) is 42.4. The smallest absolute Gasteiger partial charge is 0.326 e. The third-order valence-electron chi connectivity index (χ3n) is 9.85. The van der Waals surface area contributed by atoms with Crippen molar-refractivity contribution in [3.63, 3.8) is 0 Å². The largest absolute Gasteiger partial charge is 0.481 e. The lowest BCUT2D eigenvalue weighted by Gasteiger charge is -2.16. The minimum Gasteiger partial charge on any atom is -0.481 e. The van der Waals surface area contributed by atoms with Crippen molar-refractivity contribution in [3.8, 4) is 0 Å². The van der Waals surface area contributed by atoms with Crippen molar-refractivity contribution >= 4 is 41.5 Å². The van der Waals surface area contributed by atoms with Gasteiger partial charge in [0.25, 0.3) is 0 Å². The Morgan fingerprint density at radius 3 is 1.44 bits per heavy atom. The van der Waals surface area contributed by atoms with Crippen LogP contribution < -0.4 is 31.9 Å². The predicted molar refractivity (Wildman–Crippen MR) is 233 cm³/mol. The lowest BCUT2D eigenvalue weighted by molar-refractivity contribution is -0.142. The molecule has 0 fully saturated rings. The number of ether oxygens (including phenoxy) is 4. The molecule has 62 heavy (non-hydrogen) atoms. The summed E-state index contributed by atoms with van der Waals surface area (Å²) < 4.78 is 21.1. The van der Waals surface area contributed by atoms with E-state index in [1.165, 1.54) is 52.0 Å². The van der Waals surface area contributed by atoms with Gasteiger partial charge in [0, 0.05) is 45.9 Å². The standard InChI is InChI=1S/C43H80N6O13/c1-44-35(42(56)48-26-28-60-30-32-62-34-40(53)47-25-27-59-29-31-61-33-39(52)45-2)19-17-18-24-46-37(50)23-22-36(43(57)58)49-38(51)20-15-13-11-9-7-5-3-4-6-8-10-12-14-16-21-41(54)55/h35-36,44H,3-34H2,1-2H3,(H,45,52)(H,46,50)(H,47,53)(H,48,56)(H,49,51)(H,54,55)(H,57,58)/t35-,36-/m0/s1. The van der Waals surface area contributed by atoms with Gasteiger partial charge >= 0.3 is 11.9 Å². The lowest BCUT2D eigenvalue weighted by atomic mass is 10.0. The van der Waals surface area contributed by atoms with E-state index in [1.807, 2.05) is 0 Å². The van der Waals surface area contributed by atoms with Gasteiger partial charge in [-0.3, -0.25) is 28.8 Å². The number of unbranched alkanes of at least 4 members (excludes halogenated alkanes) is 14. The molecule has 0 saturated heterocycles. The van der Waals surface area contributed by atoms with Crippen LogP contribution >= 0.6 is 0 Å². The monoisotopic (exact) mass is 889 g/mol. The molecule has 0 saturated carbocycles. The maximum absolute atomic E-state index is 12.6. The van der Waals surface area contributed by atoms with E-state index in [9.17, 15) is 38.7 Å². The van der Waals surface area contributed by atoms with Crippen LogP contribution in [0.5, 0.6) is 0 Å². The summed E-state index contributed by atoms with van der Waals surface area (Å²) in [7, 11) is 3.22. The van der Waals surface area contributed by atoms with Crippen molar-refractivity contribution in [2.24, 2.45) is 0 Å². The first-order valence-electron chi connectivity index (χ1n) is 22.7. The summed E-state index contributed by atoms with van der Waals surface area (Å²) in [6, 6.07) is -1.55.